The summed E-state index contributed by atoms with van der Waals surface area (Å²) in [6, 6.07) is 3.73. The highest BCUT2D eigenvalue weighted by Crippen LogP contribution is 2.26. The minimum absolute atomic E-state index is 0.198. The number of amides is 5. The van der Waals surface area contributed by atoms with Crippen molar-refractivity contribution in [2.75, 3.05) is 19.0 Å². The zero-order chi connectivity index (χ0) is 27.5. The summed E-state index contributed by atoms with van der Waals surface area (Å²) >= 11 is 3.38. The van der Waals surface area contributed by atoms with Gasteiger partial charge < -0.3 is 20.7 Å². The molecule has 1 aromatic rings. The molecule has 202 valence electrons. The molecule has 0 aromatic heterocycles. The summed E-state index contributed by atoms with van der Waals surface area (Å²) in [5, 5.41) is 8.83. The van der Waals surface area contributed by atoms with Gasteiger partial charge in [-0.25, -0.2) is 0 Å². The Labute approximate surface area is 225 Å². The van der Waals surface area contributed by atoms with Gasteiger partial charge in [0, 0.05) is 30.4 Å². The third-order valence-electron chi connectivity index (χ3n) is 5.88. The van der Waals surface area contributed by atoms with Crippen molar-refractivity contribution < 1.29 is 28.7 Å². The van der Waals surface area contributed by atoms with Crippen LogP contribution in [0.4, 0.5) is 5.69 Å². The molecule has 0 unspecified atom stereocenters. The lowest BCUT2D eigenvalue weighted by molar-refractivity contribution is -0.137. The third-order valence-corrected chi connectivity index (χ3v) is 6.53. The maximum atomic E-state index is 12.9. The molecule has 0 spiro atoms. The van der Waals surface area contributed by atoms with Crippen molar-refractivity contribution in [2.45, 2.75) is 63.9 Å². The fourth-order valence-electron chi connectivity index (χ4n) is 3.70. The minimum Gasteiger partial charge on any atom is -0.495 e. The van der Waals surface area contributed by atoms with E-state index in [4.69, 9.17) is 4.74 Å². The van der Waals surface area contributed by atoms with E-state index < -0.39 is 23.9 Å². The standard InChI is InChI=1S/C26H35BrN4O6/c1-16(2)24(30-21(32)8-6-5-7-13-31-22(33)11-12-23(31)34)26(36)28-17(3)25(35)29-19-10-9-18(15-27)14-20(19)37-4/h9-12,14,16-17,24H,5-8,13,15H2,1-4H3,(H,28,36)(H,29,35)(H,30,32)/t17-,24-/m0/s1. The number of methoxy groups -OCH3 is 1. The number of rotatable bonds is 14. The Morgan fingerprint density at radius 3 is 2.24 bits per heavy atom. The van der Waals surface area contributed by atoms with Crippen LogP contribution in [0.15, 0.2) is 30.4 Å². The number of unbranched alkanes of at least 4 members (excludes halogenated alkanes) is 2. The molecule has 0 aliphatic carbocycles. The molecule has 0 bridgehead atoms. The van der Waals surface area contributed by atoms with Crippen molar-refractivity contribution in [1.29, 1.82) is 0 Å². The number of benzene rings is 1. The molecular formula is C26H35BrN4O6. The molecule has 1 aliphatic rings. The predicted octanol–water partition coefficient (Wildman–Crippen LogP) is 2.66. The highest BCUT2D eigenvalue weighted by atomic mass is 79.9. The summed E-state index contributed by atoms with van der Waals surface area (Å²) < 4.78 is 5.34. The summed E-state index contributed by atoms with van der Waals surface area (Å²) in [6.07, 6.45) is 4.50. The van der Waals surface area contributed by atoms with Gasteiger partial charge in [0.2, 0.25) is 17.7 Å². The molecule has 5 amide bonds. The lowest BCUT2D eigenvalue weighted by atomic mass is 10.0. The van der Waals surface area contributed by atoms with E-state index >= 15 is 0 Å². The molecule has 0 saturated carbocycles. The van der Waals surface area contributed by atoms with Crippen molar-refractivity contribution in [2.24, 2.45) is 5.92 Å². The van der Waals surface area contributed by atoms with Gasteiger partial charge in [0.05, 0.1) is 12.8 Å². The molecule has 2 atom stereocenters. The molecule has 2 rings (SSSR count). The van der Waals surface area contributed by atoms with Gasteiger partial charge >= 0.3 is 0 Å². The molecule has 0 saturated heterocycles. The van der Waals surface area contributed by atoms with Crippen LogP contribution < -0.4 is 20.7 Å². The Morgan fingerprint density at radius 1 is 0.973 bits per heavy atom. The van der Waals surface area contributed by atoms with Crippen molar-refractivity contribution in [1.82, 2.24) is 15.5 Å². The van der Waals surface area contributed by atoms with Gasteiger partial charge in [-0.15, -0.1) is 0 Å². The first-order valence-corrected chi connectivity index (χ1v) is 13.4. The van der Waals surface area contributed by atoms with Crippen molar-refractivity contribution in [3.8, 4) is 5.75 Å². The highest BCUT2D eigenvalue weighted by Gasteiger charge is 2.27. The van der Waals surface area contributed by atoms with Crippen LogP contribution in [0.25, 0.3) is 0 Å². The largest absolute Gasteiger partial charge is 0.495 e. The topological polar surface area (TPSA) is 134 Å². The number of nitrogens with zero attached hydrogens (tertiary/aromatic N) is 1. The van der Waals surface area contributed by atoms with Crippen molar-refractivity contribution >= 4 is 51.2 Å². The number of hydrogen-bond donors (Lipinski definition) is 3. The minimum atomic E-state index is -0.850. The Morgan fingerprint density at radius 2 is 1.65 bits per heavy atom. The van der Waals surface area contributed by atoms with E-state index in [-0.39, 0.29) is 30.1 Å². The van der Waals surface area contributed by atoms with Crippen molar-refractivity contribution in [3.63, 3.8) is 0 Å². The van der Waals surface area contributed by atoms with Gasteiger partial charge in [-0.1, -0.05) is 42.3 Å². The van der Waals surface area contributed by atoms with Gasteiger partial charge in [-0.3, -0.25) is 28.9 Å². The van der Waals surface area contributed by atoms with Crippen LogP contribution in [0.1, 0.15) is 52.0 Å². The lowest BCUT2D eigenvalue weighted by Gasteiger charge is -2.24. The Hall–Kier alpha value is -3.21. The summed E-state index contributed by atoms with van der Waals surface area (Å²) in [6.45, 7) is 5.50. The van der Waals surface area contributed by atoms with Crippen LogP contribution in [0.3, 0.4) is 0 Å². The molecule has 11 heteroatoms. The number of nitrogens with one attached hydrogen (secondary N) is 3. The van der Waals surface area contributed by atoms with Crippen LogP contribution in [0, 0.1) is 5.92 Å². The summed E-state index contributed by atoms with van der Waals surface area (Å²) in [5.41, 5.74) is 1.47. The van der Waals surface area contributed by atoms with E-state index in [1.54, 1.807) is 19.1 Å². The first kappa shape index (κ1) is 30.0. The first-order chi connectivity index (χ1) is 17.6. The second-order valence-corrected chi connectivity index (χ2v) is 9.71. The van der Waals surface area contributed by atoms with E-state index in [1.807, 2.05) is 19.9 Å². The Balaban J connectivity index is 1.81. The van der Waals surface area contributed by atoms with Crippen LogP contribution in [0.2, 0.25) is 0 Å². The number of halogens is 1. The monoisotopic (exact) mass is 578 g/mol. The summed E-state index contributed by atoms with van der Waals surface area (Å²) in [4.78, 5) is 62.3. The lowest BCUT2D eigenvalue weighted by Crippen LogP contribution is -2.53. The summed E-state index contributed by atoms with van der Waals surface area (Å²) in [7, 11) is 1.51. The second-order valence-electron chi connectivity index (χ2n) is 9.15. The van der Waals surface area contributed by atoms with E-state index in [0.717, 1.165) is 5.56 Å². The first-order valence-electron chi connectivity index (χ1n) is 12.2. The highest BCUT2D eigenvalue weighted by molar-refractivity contribution is 9.08. The van der Waals surface area contributed by atoms with E-state index in [2.05, 4.69) is 31.9 Å². The number of carbonyl (C=O) groups is 5. The van der Waals surface area contributed by atoms with Gasteiger partial charge in [0.15, 0.2) is 0 Å². The van der Waals surface area contributed by atoms with Crippen LogP contribution in [0.5, 0.6) is 5.75 Å². The molecule has 0 radical (unpaired) electrons. The number of hydrogen-bond acceptors (Lipinski definition) is 6. The molecule has 1 aliphatic heterocycles. The fourth-order valence-corrected chi connectivity index (χ4v) is 4.04. The Bertz CT molecular complexity index is 1020. The normalized spacial score (nSPS) is 14.5. The fraction of sp³-hybridized carbons (Fsp3) is 0.500. The van der Waals surface area contributed by atoms with Gasteiger partial charge in [-0.05, 0) is 43.4 Å². The molecule has 1 aromatic carbocycles. The molecule has 37 heavy (non-hydrogen) atoms. The van der Waals surface area contributed by atoms with Crippen LogP contribution in [-0.2, 0) is 29.3 Å². The van der Waals surface area contributed by atoms with Gasteiger partial charge in [0.1, 0.15) is 17.8 Å². The maximum Gasteiger partial charge on any atom is 0.253 e. The SMILES string of the molecule is COc1cc(CBr)ccc1NC(=O)[C@H](C)NC(=O)[C@@H](NC(=O)CCCCCN1C(=O)C=CC1=O)C(C)C. The number of alkyl halides is 1. The predicted molar refractivity (Wildman–Crippen MR) is 143 cm³/mol. The summed E-state index contributed by atoms with van der Waals surface area (Å²) in [5.74, 6) is -1.48. The van der Waals surface area contributed by atoms with E-state index in [1.165, 1.54) is 24.2 Å². The molecular weight excluding hydrogens is 544 g/mol. The third kappa shape index (κ3) is 8.99. The quantitative estimate of drug-likeness (QED) is 0.176. The number of imide groups is 1. The van der Waals surface area contributed by atoms with Gasteiger partial charge in [0.25, 0.3) is 11.8 Å². The van der Waals surface area contributed by atoms with Crippen LogP contribution >= 0.6 is 15.9 Å². The average Bonchev–Trinajstić information content (AvgIpc) is 3.18. The molecule has 0 fully saturated rings. The zero-order valence-electron chi connectivity index (χ0n) is 21.6. The number of ether oxygens (including phenoxy) is 1. The maximum absolute atomic E-state index is 12.9. The molecule has 10 nitrogen and oxygen atoms in total. The zero-order valence-corrected chi connectivity index (χ0v) is 23.2. The van der Waals surface area contributed by atoms with E-state index in [9.17, 15) is 24.0 Å². The van der Waals surface area contributed by atoms with Crippen molar-refractivity contribution in [3.05, 3.63) is 35.9 Å². The van der Waals surface area contributed by atoms with Crippen LogP contribution in [-0.4, -0.2) is 60.2 Å². The Kier molecular flexibility index (Phi) is 11.8. The second kappa shape index (κ2) is 14.5. The van der Waals surface area contributed by atoms with E-state index in [0.29, 0.717) is 42.6 Å². The number of carbonyl (C=O) groups excluding carboxylic acids is 5. The van der Waals surface area contributed by atoms with Gasteiger partial charge in [-0.2, -0.15) is 0 Å². The molecule has 3 N–H and O–H groups in total. The molecule has 1 heterocycles. The smallest absolute Gasteiger partial charge is 0.253 e. The average molecular weight is 579 g/mol. The number of anilines is 1.